The molecule has 0 saturated carbocycles. The number of halogens is 1. The Morgan fingerprint density at radius 1 is 1.06 bits per heavy atom. The molecule has 0 radical (unpaired) electrons. The van der Waals surface area contributed by atoms with Gasteiger partial charge in [0.2, 0.25) is 11.8 Å². The quantitative estimate of drug-likeness (QED) is 0.149. The second-order valence-corrected chi connectivity index (χ2v) is 15.4. The van der Waals surface area contributed by atoms with E-state index in [2.05, 4.69) is 20.5 Å². The summed E-state index contributed by atoms with van der Waals surface area (Å²) in [5.74, 6) is -3.03. The van der Waals surface area contributed by atoms with Crippen molar-refractivity contribution in [3.05, 3.63) is 51.7 Å². The number of likely N-dealkylation sites (N-methyl/N-ethyl adjacent to an activating group) is 1. The minimum atomic E-state index is -1.06. The number of aliphatic carboxylic acids is 1. The van der Waals surface area contributed by atoms with Crippen molar-refractivity contribution >= 4 is 35.0 Å². The van der Waals surface area contributed by atoms with Gasteiger partial charge in [-0.15, -0.1) is 11.3 Å². The summed E-state index contributed by atoms with van der Waals surface area (Å²) < 4.78 is 13.5. The number of piperidine rings is 1. The molecule has 0 bridgehead atoms. The third-order valence-electron chi connectivity index (χ3n) is 10.1. The van der Waals surface area contributed by atoms with Gasteiger partial charge in [0.05, 0.1) is 12.0 Å². The lowest BCUT2D eigenvalue weighted by molar-refractivity contribution is -0.143. The fourth-order valence-electron chi connectivity index (χ4n) is 6.72. The Bertz CT molecular complexity index is 1440. The van der Waals surface area contributed by atoms with E-state index in [4.69, 9.17) is 0 Å². The van der Waals surface area contributed by atoms with E-state index in [-0.39, 0.29) is 54.3 Å². The van der Waals surface area contributed by atoms with Crippen molar-refractivity contribution in [3.8, 4) is 0 Å². The largest absolute Gasteiger partial charge is 0.481 e. The molecule has 2 aromatic rings. The molecule has 4 N–H and O–H groups in total. The SMILES string of the molecule is CCCN(C(=O)[C@@H](NC(=O)[C@H]1CCCCN1C)C(C)CC)C(C[C@@H](O)c1nc(C(=O)N[C@@H](Cc2ccc(F)cc2)C[C@H](C)C(=O)O)cs1)C(C)C. The monoisotopic (exact) mass is 731 g/mol. The maximum Gasteiger partial charge on any atom is 0.306 e. The zero-order valence-electron chi connectivity index (χ0n) is 31.2. The predicted molar refractivity (Wildman–Crippen MR) is 197 cm³/mol. The first kappa shape index (κ1) is 42.0. The molecule has 1 aromatic carbocycles. The highest BCUT2D eigenvalue weighted by Crippen LogP contribution is 2.29. The Morgan fingerprint density at radius 2 is 1.75 bits per heavy atom. The summed E-state index contributed by atoms with van der Waals surface area (Å²) in [7, 11) is 1.95. The van der Waals surface area contributed by atoms with Gasteiger partial charge in [-0.1, -0.05) is 66.5 Å². The molecule has 3 rings (SSSR count). The minimum Gasteiger partial charge on any atom is -0.481 e. The van der Waals surface area contributed by atoms with Crippen molar-refractivity contribution in [1.29, 1.82) is 0 Å². The highest BCUT2D eigenvalue weighted by Gasteiger charge is 2.37. The van der Waals surface area contributed by atoms with E-state index in [1.54, 1.807) is 29.3 Å². The van der Waals surface area contributed by atoms with Crippen LogP contribution in [0.15, 0.2) is 29.6 Å². The summed E-state index contributed by atoms with van der Waals surface area (Å²) in [5, 5.41) is 28.8. The van der Waals surface area contributed by atoms with Crippen LogP contribution in [0.1, 0.15) is 114 Å². The van der Waals surface area contributed by atoms with E-state index < -0.39 is 41.8 Å². The van der Waals surface area contributed by atoms with Crippen LogP contribution in [0, 0.1) is 23.6 Å². The number of carbonyl (C=O) groups is 4. The van der Waals surface area contributed by atoms with E-state index in [9.17, 15) is 33.8 Å². The average Bonchev–Trinajstić information content (AvgIpc) is 3.60. The van der Waals surface area contributed by atoms with Gasteiger partial charge in [-0.2, -0.15) is 0 Å². The first-order valence-corrected chi connectivity index (χ1v) is 19.3. The van der Waals surface area contributed by atoms with E-state index >= 15 is 0 Å². The molecule has 13 heteroatoms. The van der Waals surface area contributed by atoms with Gasteiger partial charge in [0, 0.05) is 30.4 Å². The van der Waals surface area contributed by atoms with Gasteiger partial charge < -0.3 is 25.7 Å². The van der Waals surface area contributed by atoms with E-state index in [0.29, 0.717) is 30.8 Å². The smallest absolute Gasteiger partial charge is 0.306 e. The maximum absolute atomic E-state index is 14.4. The number of aromatic nitrogens is 1. The molecule has 3 amide bonds. The van der Waals surface area contributed by atoms with Gasteiger partial charge in [-0.3, -0.25) is 24.1 Å². The van der Waals surface area contributed by atoms with Crippen LogP contribution in [-0.4, -0.2) is 93.0 Å². The molecule has 1 fully saturated rings. The Balaban J connectivity index is 1.77. The van der Waals surface area contributed by atoms with E-state index in [1.807, 2.05) is 41.7 Å². The zero-order chi connectivity index (χ0) is 37.8. The summed E-state index contributed by atoms with van der Waals surface area (Å²) in [6.45, 7) is 12.8. The molecule has 2 unspecified atom stereocenters. The summed E-state index contributed by atoms with van der Waals surface area (Å²) in [5.41, 5.74) is 0.840. The highest BCUT2D eigenvalue weighted by molar-refractivity contribution is 7.09. The number of aliphatic hydroxyl groups excluding tert-OH is 1. The molecule has 11 nitrogen and oxygen atoms in total. The van der Waals surface area contributed by atoms with Crippen LogP contribution in [0.5, 0.6) is 0 Å². The van der Waals surface area contributed by atoms with Crippen LogP contribution < -0.4 is 10.6 Å². The lowest BCUT2D eigenvalue weighted by Crippen LogP contribution is -2.58. The number of carbonyl (C=O) groups excluding carboxylic acids is 3. The van der Waals surface area contributed by atoms with Crippen molar-refractivity contribution in [2.24, 2.45) is 17.8 Å². The molecule has 1 saturated heterocycles. The van der Waals surface area contributed by atoms with Crippen LogP contribution in [0.2, 0.25) is 0 Å². The number of thiazole rings is 1. The van der Waals surface area contributed by atoms with Crippen molar-refractivity contribution in [2.75, 3.05) is 20.1 Å². The number of carboxylic acids is 1. The molecule has 2 heterocycles. The Hall–Kier alpha value is -3.42. The maximum atomic E-state index is 14.4. The molecular weight excluding hydrogens is 674 g/mol. The number of nitrogens with zero attached hydrogens (tertiary/aromatic N) is 3. The fraction of sp³-hybridized carbons (Fsp3) is 0.658. The molecule has 0 aliphatic carbocycles. The van der Waals surface area contributed by atoms with E-state index in [1.165, 1.54) is 12.1 Å². The van der Waals surface area contributed by atoms with Crippen molar-refractivity contribution in [1.82, 2.24) is 25.4 Å². The van der Waals surface area contributed by atoms with Gasteiger partial charge in [0.15, 0.2) is 0 Å². The molecular formula is C38H58FN5O6S. The second kappa shape index (κ2) is 20.0. The normalized spacial score (nSPS) is 18.7. The van der Waals surface area contributed by atoms with Crippen LogP contribution in [0.3, 0.4) is 0 Å². The Kier molecular flexibility index (Phi) is 16.5. The highest BCUT2D eigenvalue weighted by atomic mass is 32.1. The second-order valence-electron chi connectivity index (χ2n) is 14.5. The number of hydrogen-bond donors (Lipinski definition) is 4. The Labute approximate surface area is 306 Å². The van der Waals surface area contributed by atoms with Gasteiger partial charge >= 0.3 is 5.97 Å². The van der Waals surface area contributed by atoms with Crippen LogP contribution in [-0.2, 0) is 20.8 Å². The number of likely N-dealkylation sites (tertiary alicyclic amines) is 1. The van der Waals surface area contributed by atoms with E-state index in [0.717, 1.165) is 42.7 Å². The van der Waals surface area contributed by atoms with Gasteiger partial charge in [-0.25, -0.2) is 9.37 Å². The molecule has 51 heavy (non-hydrogen) atoms. The van der Waals surface area contributed by atoms with Gasteiger partial charge in [0.25, 0.3) is 5.91 Å². The van der Waals surface area contributed by atoms with Crippen LogP contribution in [0.25, 0.3) is 0 Å². The lowest BCUT2D eigenvalue weighted by Gasteiger charge is -2.39. The summed E-state index contributed by atoms with van der Waals surface area (Å²) in [4.78, 5) is 61.1. The van der Waals surface area contributed by atoms with Crippen LogP contribution >= 0.6 is 11.3 Å². The predicted octanol–water partition coefficient (Wildman–Crippen LogP) is 5.44. The molecule has 284 valence electrons. The summed E-state index contributed by atoms with van der Waals surface area (Å²) >= 11 is 1.14. The molecule has 1 aliphatic heterocycles. The summed E-state index contributed by atoms with van der Waals surface area (Å²) in [6.07, 6.45) is 3.76. The number of hydrogen-bond acceptors (Lipinski definition) is 8. The number of amides is 3. The lowest BCUT2D eigenvalue weighted by atomic mass is 9.92. The first-order chi connectivity index (χ1) is 24.2. The van der Waals surface area contributed by atoms with Crippen molar-refractivity contribution < 1.29 is 33.8 Å². The number of benzene rings is 1. The number of nitrogens with one attached hydrogen (secondary N) is 2. The number of aliphatic hydroxyl groups is 1. The van der Waals surface area contributed by atoms with Gasteiger partial charge in [-0.05, 0) is 75.2 Å². The van der Waals surface area contributed by atoms with Crippen LogP contribution in [0.4, 0.5) is 4.39 Å². The first-order valence-electron chi connectivity index (χ1n) is 18.4. The molecule has 7 atom stereocenters. The molecule has 1 aromatic heterocycles. The summed E-state index contributed by atoms with van der Waals surface area (Å²) in [6, 6.07) is 3.94. The van der Waals surface area contributed by atoms with Crippen molar-refractivity contribution in [2.45, 2.75) is 123 Å². The zero-order valence-corrected chi connectivity index (χ0v) is 32.0. The molecule has 1 aliphatic rings. The number of carboxylic acid groups (broad SMARTS) is 1. The molecule has 0 spiro atoms. The average molecular weight is 732 g/mol. The van der Waals surface area contributed by atoms with Gasteiger partial charge in [0.1, 0.15) is 28.7 Å². The minimum absolute atomic E-state index is 0.0286. The topological polar surface area (TPSA) is 152 Å². The Morgan fingerprint density at radius 3 is 2.33 bits per heavy atom. The third-order valence-corrected chi connectivity index (χ3v) is 11.0. The third kappa shape index (κ3) is 12.1. The number of rotatable bonds is 19. The standard InChI is InChI=1S/C38H58FN5O6S/c1-8-17-44(37(48)33(24(5)9-2)42-35(47)30-12-10-11-18-43(30)7)31(23(3)4)21-32(45)36-41-29(22-51-36)34(46)40-28(19-25(6)38(49)50)20-26-13-15-27(39)16-14-26/h13-16,22-25,28,30-33,45H,8-12,17-21H2,1-7H3,(H,40,46)(H,42,47)(H,49,50)/t24?,25-,28+,30+,31?,32+,33-/m0/s1. The van der Waals surface area contributed by atoms with Crippen molar-refractivity contribution in [3.63, 3.8) is 0 Å². The fourth-order valence-corrected chi connectivity index (χ4v) is 7.51.